The largest absolute Gasteiger partial charge is 0.314 e. The summed E-state index contributed by atoms with van der Waals surface area (Å²) in [5.41, 5.74) is 1.37. The molecule has 0 aromatic heterocycles. The molecule has 0 saturated carbocycles. The Kier molecular flexibility index (Phi) is 7.48. The first-order valence-corrected chi connectivity index (χ1v) is 7.85. The zero-order valence-corrected chi connectivity index (χ0v) is 13.5. The predicted molar refractivity (Wildman–Crippen MR) is 86.0 cm³/mol. The van der Waals surface area contributed by atoms with Crippen molar-refractivity contribution in [1.29, 1.82) is 0 Å². The van der Waals surface area contributed by atoms with Gasteiger partial charge in [-0.1, -0.05) is 64.3 Å². The van der Waals surface area contributed by atoms with Crippen LogP contribution in [0.5, 0.6) is 0 Å². The zero-order valence-electron chi connectivity index (χ0n) is 12.7. The van der Waals surface area contributed by atoms with Gasteiger partial charge in [-0.2, -0.15) is 0 Å². The highest BCUT2D eigenvalue weighted by atomic mass is 35.5. The van der Waals surface area contributed by atoms with E-state index in [1.165, 1.54) is 24.8 Å². The number of nitrogens with one attached hydrogen (secondary N) is 1. The Balaban J connectivity index is 2.62. The number of halogens is 1. The van der Waals surface area contributed by atoms with Gasteiger partial charge in [-0.3, -0.25) is 0 Å². The molecule has 1 atom stereocenters. The summed E-state index contributed by atoms with van der Waals surface area (Å²) in [4.78, 5) is 0. The van der Waals surface area contributed by atoms with Crippen molar-refractivity contribution in [3.8, 4) is 0 Å². The molecule has 2 heteroatoms. The highest BCUT2D eigenvalue weighted by Gasteiger charge is 2.12. The minimum atomic E-state index is 0.534. The SMILES string of the molecule is CC(C)CCCC(CNC(C)C)c1cccc(Cl)c1. The van der Waals surface area contributed by atoms with Gasteiger partial charge in [0.1, 0.15) is 0 Å². The summed E-state index contributed by atoms with van der Waals surface area (Å²) >= 11 is 6.12. The van der Waals surface area contributed by atoms with E-state index in [-0.39, 0.29) is 0 Å². The van der Waals surface area contributed by atoms with Crippen molar-refractivity contribution in [2.75, 3.05) is 6.54 Å². The Morgan fingerprint density at radius 1 is 1.11 bits per heavy atom. The molecule has 108 valence electrons. The van der Waals surface area contributed by atoms with Gasteiger partial charge in [0.2, 0.25) is 0 Å². The standard InChI is InChI=1S/C17H28ClN/c1-13(2)7-5-9-16(12-19-14(3)4)15-8-6-10-17(18)11-15/h6,8,10-11,13-14,16,19H,5,7,9,12H2,1-4H3. The molecule has 1 aromatic rings. The first-order valence-electron chi connectivity index (χ1n) is 7.48. The summed E-state index contributed by atoms with van der Waals surface area (Å²) in [5, 5.41) is 4.40. The van der Waals surface area contributed by atoms with Gasteiger partial charge >= 0.3 is 0 Å². The summed E-state index contributed by atoms with van der Waals surface area (Å²) in [6.45, 7) is 10.0. The molecule has 1 nitrogen and oxygen atoms in total. The van der Waals surface area contributed by atoms with Crippen LogP contribution in [0, 0.1) is 5.92 Å². The number of benzene rings is 1. The van der Waals surface area contributed by atoms with Crippen molar-refractivity contribution in [1.82, 2.24) is 5.32 Å². The second kappa shape index (κ2) is 8.60. The van der Waals surface area contributed by atoms with Crippen LogP contribution in [-0.4, -0.2) is 12.6 Å². The van der Waals surface area contributed by atoms with Gasteiger partial charge in [0.05, 0.1) is 0 Å². The molecule has 0 bridgehead atoms. The van der Waals surface area contributed by atoms with E-state index in [0.29, 0.717) is 12.0 Å². The molecule has 19 heavy (non-hydrogen) atoms. The number of hydrogen-bond acceptors (Lipinski definition) is 1. The molecule has 1 rings (SSSR count). The predicted octanol–water partition coefficient (Wildman–Crippen LogP) is 5.25. The molecule has 1 aromatic carbocycles. The van der Waals surface area contributed by atoms with E-state index in [0.717, 1.165) is 17.5 Å². The van der Waals surface area contributed by atoms with E-state index in [9.17, 15) is 0 Å². The summed E-state index contributed by atoms with van der Waals surface area (Å²) in [6.07, 6.45) is 3.83. The van der Waals surface area contributed by atoms with Crippen LogP contribution in [0.1, 0.15) is 58.4 Å². The van der Waals surface area contributed by atoms with Crippen LogP contribution in [0.3, 0.4) is 0 Å². The van der Waals surface area contributed by atoms with E-state index in [1.54, 1.807) is 0 Å². The third-order valence-corrected chi connectivity index (χ3v) is 3.66. The van der Waals surface area contributed by atoms with Crippen molar-refractivity contribution < 1.29 is 0 Å². The Morgan fingerprint density at radius 3 is 2.42 bits per heavy atom. The maximum absolute atomic E-state index is 6.12. The third-order valence-electron chi connectivity index (χ3n) is 3.43. The lowest BCUT2D eigenvalue weighted by atomic mass is 9.91. The molecule has 0 aliphatic heterocycles. The molecule has 0 spiro atoms. The maximum atomic E-state index is 6.12. The lowest BCUT2D eigenvalue weighted by Crippen LogP contribution is -2.28. The Hall–Kier alpha value is -0.530. The van der Waals surface area contributed by atoms with Crippen molar-refractivity contribution in [3.05, 3.63) is 34.9 Å². The molecule has 1 N–H and O–H groups in total. The molecule has 0 aliphatic rings. The van der Waals surface area contributed by atoms with E-state index in [2.05, 4.69) is 51.2 Å². The van der Waals surface area contributed by atoms with Crippen LogP contribution in [0.2, 0.25) is 5.02 Å². The van der Waals surface area contributed by atoms with Gasteiger partial charge in [0, 0.05) is 17.6 Å². The lowest BCUT2D eigenvalue weighted by molar-refractivity contribution is 0.464. The Labute approximate surface area is 123 Å². The molecular weight excluding hydrogens is 254 g/mol. The number of rotatable bonds is 8. The second-order valence-electron chi connectivity index (χ2n) is 6.14. The molecule has 0 aliphatic carbocycles. The fourth-order valence-electron chi connectivity index (χ4n) is 2.30. The van der Waals surface area contributed by atoms with E-state index >= 15 is 0 Å². The van der Waals surface area contributed by atoms with E-state index in [1.807, 2.05) is 6.07 Å². The van der Waals surface area contributed by atoms with Gasteiger partial charge in [-0.05, 0) is 36.0 Å². The number of hydrogen-bond donors (Lipinski definition) is 1. The molecule has 0 amide bonds. The van der Waals surface area contributed by atoms with Gasteiger partial charge in [0.15, 0.2) is 0 Å². The average molecular weight is 282 g/mol. The van der Waals surface area contributed by atoms with Gasteiger partial charge in [-0.15, -0.1) is 0 Å². The minimum Gasteiger partial charge on any atom is -0.314 e. The molecule has 0 radical (unpaired) electrons. The lowest BCUT2D eigenvalue weighted by Gasteiger charge is -2.20. The monoisotopic (exact) mass is 281 g/mol. The molecule has 0 heterocycles. The van der Waals surface area contributed by atoms with Crippen molar-refractivity contribution in [3.63, 3.8) is 0 Å². The van der Waals surface area contributed by atoms with Crippen LogP contribution in [0.4, 0.5) is 0 Å². The van der Waals surface area contributed by atoms with Gasteiger partial charge < -0.3 is 5.32 Å². The van der Waals surface area contributed by atoms with Gasteiger partial charge in [0.25, 0.3) is 0 Å². The quantitative estimate of drug-likeness (QED) is 0.686. The second-order valence-corrected chi connectivity index (χ2v) is 6.58. The van der Waals surface area contributed by atoms with Crippen molar-refractivity contribution >= 4 is 11.6 Å². The molecule has 1 unspecified atom stereocenters. The highest BCUT2D eigenvalue weighted by Crippen LogP contribution is 2.25. The van der Waals surface area contributed by atoms with Crippen molar-refractivity contribution in [2.45, 2.75) is 58.9 Å². The summed E-state index contributed by atoms with van der Waals surface area (Å²) < 4.78 is 0. The van der Waals surface area contributed by atoms with E-state index < -0.39 is 0 Å². The normalized spacial score (nSPS) is 13.2. The summed E-state index contributed by atoms with van der Waals surface area (Å²) in [7, 11) is 0. The zero-order chi connectivity index (χ0) is 14.3. The Morgan fingerprint density at radius 2 is 1.84 bits per heavy atom. The first kappa shape index (κ1) is 16.5. The summed E-state index contributed by atoms with van der Waals surface area (Å²) in [6, 6.07) is 8.86. The Bertz CT molecular complexity index is 360. The minimum absolute atomic E-state index is 0.534. The smallest absolute Gasteiger partial charge is 0.0408 e. The van der Waals surface area contributed by atoms with Crippen LogP contribution in [0.15, 0.2) is 24.3 Å². The molecule has 0 fully saturated rings. The summed E-state index contributed by atoms with van der Waals surface area (Å²) in [5.74, 6) is 1.36. The van der Waals surface area contributed by atoms with Crippen LogP contribution >= 0.6 is 11.6 Å². The van der Waals surface area contributed by atoms with E-state index in [4.69, 9.17) is 11.6 Å². The maximum Gasteiger partial charge on any atom is 0.0408 e. The topological polar surface area (TPSA) is 12.0 Å². The van der Waals surface area contributed by atoms with Crippen LogP contribution < -0.4 is 5.32 Å². The average Bonchev–Trinajstić information content (AvgIpc) is 2.32. The van der Waals surface area contributed by atoms with Gasteiger partial charge in [-0.25, -0.2) is 0 Å². The first-order chi connectivity index (χ1) is 8.99. The van der Waals surface area contributed by atoms with Crippen LogP contribution in [0.25, 0.3) is 0 Å². The fourth-order valence-corrected chi connectivity index (χ4v) is 2.50. The fraction of sp³-hybridized carbons (Fsp3) is 0.647. The molecular formula is C17H28ClN. The molecule has 0 saturated heterocycles. The van der Waals surface area contributed by atoms with Crippen LogP contribution in [-0.2, 0) is 0 Å². The highest BCUT2D eigenvalue weighted by molar-refractivity contribution is 6.30. The third kappa shape index (κ3) is 6.98. The van der Waals surface area contributed by atoms with Crippen molar-refractivity contribution in [2.24, 2.45) is 5.92 Å².